The molecule has 0 bridgehead atoms. The van der Waals surface area contributed by atoms with Gasteiger partial charge in [-0.3, -0.25) is 4.79 Å². The van der Waals surface area contributed by atoms with Crippen molar-refractivity contribution in [3.05, 3.63) is 39.2 Å². The number of halogens is 1. The molecule has 0 radical (unpaired) electrons. The van der Waals surface area contributed by atoms with Gasteiger partial charge < -0.3 is 11.1 Å². The van der Waals surface area contributed by atoms with Crippen molar-refractivity contribution in [2.45, 2.75) is 20.4 Å². The fraction of sp³-hybridized carbons (Fsp3) is 0.200. The van der Waals surface area contributed by atoms with Crippen molar-refractivity contribution in [1.29, 1.82) is 0 Å². The molecular weight excluding hydrogens is 407 g/mol. The standard InChI is InChI=1S/C15H15IN6O/c1-3-22-11(4-5-18-22)19-13-10-7-9(16)6-8(2)12(10)20-21-14(13)15(17)23/h4-7H,3H2,1-2H3,(H2,17,23)(H,19,20). The number of primary amides is 1. The van der Waals surface area contributed by atoms with Crippen molar-refractivity contribution >= 4 is 50.9 Å². The number of aromatic nitrogens is 4. The first-order valence-electron chi connectivity index (χ1n) is 7.06. The van der Waals surface area contributed by atoms with E-state index in [1.165, 1.54) is 0 Å². The Labute approximate surface area is 146 Å². The molecule has 0 aliphatic heterocycles. The Balaban J connectivity index is 2.27. The van der Waals surface area contributed by atoms with E-state index in [0.717, 1.165) is 25.9 Å². The monoisotopic (exact) mass is 422 g/mol. The summed E-state index contributed by atoms with van der Waals surface area (Å²) >= 11 is 2.23. The highest BCUT2D eigenvalue weighted by Crippen LogP contribution is 2.30. The fourth-order valence-corrected chi connectivity index (χ4v) is 3.23. The summed E-state index contributed by atoms with van der Waals surface area (Å²) in [6, 6.07) is 5.81. The molecule has 118 valence electrons. The van der Waals surface area contributed by atoms with Gasteiger partial charge >= 0.3 is 0 Å². The Morgan fingerprint density at radius 3 is 2.87 bits per heavy atom. The highest BCUT2D eigenvalue weighted by molar-refractivity contribution is 14.1. The van der Waals surface area contributed by atoms with E-state index < -0.39 is 5.91 Å². The summed E-state index contributed by atoms with van der Waals surface area (Å²) in [4.78, 5) is 11.8. The first kappa shape index (κ1) is 15.7. The Morgan fingerprint density at radius 1 is 1.39 bits per heavy atom. The molecule has 3 N–H and O–H groups in total. The van der Waals surface area contributed by atoms with E-state index in [9.17, 15) is 4.79 Å². The highest BCUT2D eigenvalue weighted by Gasteiger charge is 2.18. The van der Waals surface area contributed by atoms with Gasteiger partial charge in [-0.15, -0.1) is 10.2 Å². The molecule has 0 aliphatic rings. The molecule has 0 fully saturated rings. The van der Waals surface area contributed by atoms with E-state index in [2.05, 4.69) is 43.2 Å². The predicted molar refractivity (Wildman–Crippen MR) is 96.7 cm³/mol. The number of nitrogens with two attached hydrogens (primary N) is 1. The largest absolute Gasteiger partial charge is 0.364 e. The zero-order valence-corrected chi connectivity index (χ0v) is 14.8. The maximum Gasteiger partial charge on any atom is 0.271 e. The van der Waals surface area contributed by atoms with Crippen LogP contribution in [0, 0.1) is 10.5 Å². The van der Waals surface area contributed by atoms with Crippen LogP contribution < -0.4 is 11.1 Å². The van der Waals surface area contributed by atoms with Crippen LogP contribution >= 0.6 is 22.6 Å². The Morgan fingerprint density at radius 2 is 2.17 bits per heavy atom. The molecule has 2 aromatic heterocycles. The number of amides is 1. The van der Waals surface area contributed by atoms with Gasteiger partial charge in [-0.1, -0.05) is 0 Å². The lowest BCUT2D eigenvalue weighted by Gasteiger charge is -2.14. The summed E-state index contributed by atoms with van der Waals surface area (Å²) in [7, 11) is 0. The third kappa shape index (κ3) is 2.85. The molecule has 7 nitrogen and oxygen atoms in total. The minimum absolute atomic E-state index is 0.114. The van der Waals surface area contributed by atoms with Crippen molar-refractivity contribution in [3.63, 3.8) is 0 Å². The molecule has 23 heavy (non-hydrogen) atoms. The molecule has 0 atom stereocenters. The molecule has 0 aliphatic carbocycles. The normalized spacial score (nSPS) is 10.9. The average Bonchev–Trinajstić information content (AvgIpc) is 2.94. The van der Waals surface area contributed by atoms with Gasteiger partial charge in [0.15, 0.2) is 5.69 Å². The predicted octanol–water partition coefficient (Wildman–Crippen LogP) is 2.60. The van der Waals surface area contributed by atoms with Crippen molar-refractivity contribution < 1.29 is 4.79 Å². The van der Waals surface area contributed by atoms with Crippen LogP contribution in [0.4, 0.5) is 11.5 Å². The number of rotatable bonds is 4. The minimum Gasteiger partial charge on any atom is -0.364 e. The number of aryl methyl sites for hydroxylation is 2. The topological polar surface area (TPSA) is 98.7 Å². The number of benzene rings is 1. The number of hydrogen-bond acceptors (Lipinski definition) is 5. The molecule has 0 saturated heterocycles. The summed E-state index contributed by atoms with van der Waals surface area (Å²) in [6.07, 6.45) is 1.70. The van der Waals surface area contributed by atoms with Crippen LogP contribution in [-0.4, -0.2) is 25.9 Å². The lowest BCUT2D eigenvalue weighted by atomic mass is 10.1. The number of anilines is 2. The van der Waals surface area contributed by atoms with Gasteiger partial charge in [0.1, 0.15) is 5.82 Å². The molecule has 3 aromatic rings. The second-order valence-corrected chi connectivity index (χ2v) is 6.31. The summed E-state index contributed by atoms with van der Waals surface area (Å²) in [5.41, 5.74) is 7.87. The van der Waals surface area contributed by atoms with Crippen LogP contribution in [0.2, 0.25) is 0 Å². The Bertz CT molecular complexity index is 904. The molecule has 0 spiro atoms. The number of fused-ring (bicyclic) bond motifs is 1. The highest BCUT2D eigenvalue weighted by atomic mass is 127. The lowest BCUT2D eigenvalue weighted by molar-refractivity contribution is 0.0995. The van der Waals surface area contributed by atoms with Gasteiger partial charge in [0.25, 0.3) is 5.91 Å². The van der Waals surface area contributed by atoms with E-state index in [1.807, 2.05) is 32.0 Å². The van der Waals surface area contributed by atoms with Gasteiger partial charge in [0, 0.05) is 21.6 Å². The zero-order chi connectivity index (χ0) is 16.6. The summed E-state index contributed by atoms with van der Waals surface area (Å²) in [5, 5.41) is 16.4. The SMILES string of the molecule is CCn1nccc1Nc1c(C(N)=O)nnc2c(C)cc(I)cc12. The number of nitrogens with one attached hydrogen (secondary N) is 1. The van der Waals surface area contributed by atoms with Crippen LogP contribution in [0.15, 0.2) is 24.4 Å². The van der Waals surface area contributed by atoms with E-state index in [4.69, 9.17) is 5.73 Å². The van der Waals surface area contributed by atoms with Gasteiger partial charge in [-0.25, -0.2) is 4.68 Å². The quantitative estimate of drug-likeness (QED) is 0.630. The number of carbonyl (C=O) groups is 1. The number of hydrogen-bond donors (Lipinski definition) is 2. The summed E-state index contributed by atoms with van der Waals surface area (Å²) in [6.45, 7) is 4.65. The second-order valence-electron chi connectivity index (χ2n) is 5.06. The van der Waals surface area contributed by atoms with Gasteiger partial charge in [0.05, 0.1) is 17.4 Å². The molecule has 8 heteroatoms. The van der Waals surface area contributed by atoms with Crippen molar-refractivity contribution in [1.82, 2.24) is 20.0 Å². The van der Waals surface area contributed by atoms with Crippen molar-refractivity contribution in [3.8, 4) is 0 Å². The van der Waals surface area contributed by atoms with Gasteiger partial charge in [-0.05, 0) is 54.1 Å². The van der Waals surface area contributed by atoms with E-state index in [0.29, 0.717) is 12.2 Å². The average molecular weight is 422 g/mol. The Hall–Kier alpha value is -2.23. The first-order valence-corrected chi connectivity index (χ1v) is 8.14. The molecule has 0 saturated carbocycles. The van der Waals surface area contributed by atoms with Crippen molar-refractivity contribution in [2.75, 3.05) is 5.32 Å². The van der Waals surface area contributed by atoms with E-state index in [-0.39, 0.29) is 5.69 Å². The first-order chi connectivity index (χ1) is 11.0. The summed E-state index contributed by atoms with van der Waals surface area (Å²) in [5.74, 6) is 0.141. The zero-order valence-electron chi connectivity index (χ0n) is 12.7. The molecule has 1 amide bonds. The maximum atomic E-state index is 11.8. The molecule has 3 rings (SSSR count). The molecule has 2 heterocycles. The van der Waals surface area contributed by atoms with Crippen LogP contribution in [-0.2, 0) is 6.54 Å². The second kappa shape index (κ2) is 6.11. The number of nitrogens with zero attached hydrogens (tertiary/aromatic N) is 4. The van der Waals surface area contributed by atoms with Gasteiger partial charge in [-0.2, -0.15) is 5.10 Å². The van der Waals surface area contributed by atoms with Crippen LogP contribution in [0.5, 0.6) is 0 Å². The van der Waals surface area contributed by atoms with E-state index >= 15 is 0 Å². The smallest absolute Gasteiger partial charge is 0.271 e. The third-order valence-electron chi connectivity index (χ3n) is 3.52. The lowest BCUT2D eigenvalue weighted by Crippen LogP contribution is -2.17. The van der Waals surface area contributed by atoms with Crippen LogP contribution in [0.25, 0.3) is 10.9 Å². The fourth-order valence-electron chi connectivity index (χ4n) is 2.45. The molecular formula is C15H15IN6O. The van der Waals surface area contributed by atoms with Gasteiger partial charge in [0.2, 0.25) is 0 Å². The summed E-state index contributed by atoms with van der Waals surface area (Å²) < 4.78 is 2.83. The minimum atomic E-state index is -0.624. The maximum absolute atomic E-state index is 11.8. The third-order valence-corrected chi connectivity index (χ3v) is 4.15. The van der Waals surface area contributed by atoms with Crippen LogP contribution in [0.1, 0.15) is 23.0 Å². The Kier molecular flexibility index (Phi) is 4.16. The number of carbonyl (C=O) groups excluding carboxylic acids is 1. The molecule has 1 aromatic carbocycles. The van der Waals surface area contributed by atoms with Crippen LogP contribution in [0.3, 0.4) is 0 Å². The van der Waals surface area contributed by atoms with Crippen molar-refractivity contribution in [2.24, 2.45) is 5.73 Å². The molecule has 0 unspecified atom stereocenters. The van der Waals surface area contributed by atoms with E-state index in [1.54, 1.807) is 10.9 Å².